The standard InChI is InChI=1S/C22H27FO5/c1-4-27-20(26)22-10-9-14(6-5-11-24)16(13-22)19(28-21(22,2)3)15-7-8-18(25)17(23)12-15/h7-9,11-12,16,19,25H,4-6,10,13H2,1-3H3. The zero-order chi connectivity index (χ0) is 20.5. The Hall–Kier alpha value is -2.21. The lowest BCUT2D eigenvalue weighted by molar-refractivity contribution is -0.225. The van der Waals surface area contributed by atoms with Gasteiger partial charge in [-0.2, -0.15) is 0 Å². The minimum absolute atomic E-state index is 0.171. The SMILES string of the molecule is CCOC(=O)C12CC=C(CCC=O)C(C1)C(c1ccc(O)c(F)c1)OC2(C)C. The van der Waals surface area contributed by atoms with Gasteiger partial charge in [0.15, 0.2) is 11.6 Å². The summed E-state index contributed by atoms with van der Waals surface area (Å²) in [5, 5.41) is 9.53. The first kappa shape index (κ1) is 20.5. The third-order valence-electron chi connectivity index (χ3n) is 6.21. The van der Waals surface area contributed by atoms with E-state index < -0.39 is 28.7 Å². The predicted molar refractivity (Wildman–Crippen MR) is 101 cm³/mol. The molecule has 3 atom stereocenters. The van der Waals surface area contributed by atoms with Crippen LogP contribution in [0.3, 0.4) is 0 Å². The molecular weight excluding hydrogens is 363 g/mol. The molecule has 5 nitrogen and oxygen atoms in total. The molecular formula is C22H27FO5. The van der Waals surface area contributed by atoms with E-state index in [9.17, 15) is 19.1 Å². The van der Waals surface area contributed by atoms with Crippen LogP contribution in [0.15, 0.2) is 29.8 Å². The molecule has 0 spiro atoms. The Morgan fingerprint density at radius 3 is 2.82 bits per heavy atom. The van der Waals surface area contributed by atoms with Crippen LogP contribution >= 0.6 is 0 Å². The molecule has 1 saturated heterocycles. The van der Waals surface area contributed by atoms with E-state index in [0.717, 1.165) is 11.9 Å². The number of aldehydes is 1. The first-order chi connectivity index (χ1) is 13.3. The van der Waals surface area contributed by atoms with Gasteiger partial charge in [-0.25, -0.2) is 4.39 Å². The highest BCUT2D eigenvalue weighted by Gasteiger charge is 2.60. The Balaban J connectivity index is 2.06. The number of halogens is 1. The van der Waals surface area contributed by atoms with Crippen molar-refractivity contribution < 1.29 is 28.6 Å². The molecule has 6 heteroatoms. The second-order valence-corrected chi connectivity index (χ2v) is 8.06. The fourth-order valence-corrected chi connectivity index (χ4v) is 4.55. The van der Waals surface area contributed by atoms with Gasteiger partial charge in [-0.05, 0) is 57.7 Å². The van der Waals surface area contributed by atoms with Crippen molar-refractivity contribution in [1.29, 1.82) is 0 Å². The normalized spacial score (nSPS) is 28.4. The number of allylic oxidation sites excluding steroid dienone is 1. The zero-order valence-corrected chi connectivity index (χ0v) is 16.5. The fraction of sp³-hybridized carbons (Fsp3) is 0.545. The highest BCUT2D eigenvalue weighted by molar-refractivity contribution is 5.79. The van der Waals surface area contributed by atoms with Crippen molar-refractivity contribution in [1.82, 2.24) is 0 Å². The summed E-state index contributed by atoms with van der Waals surface area (Å²) in [5.74, 6) is -1.59. The molecule has 0 amide bonds. The average Bonchev–Trinajstić information content (AvgIpc) is 2.66. The minimum atomic E-state index is -0.832. The quantitative estimate of drug-likeness (QED) is 0.447. The van der Waals surface area contributed by atoms with Crippen LogP contribution in [-0.4, -0.2) is 29.6 Å². The van der Waals surface area contributed by atoms with Crippen LogP contribution in [0.4, 0.5) is 4.39 Å². The third kappa shape index (κ3) is 3.34. The van der Waals surface area contributed by atoms with Crippen LogP contribution in [0.25, 0.3) is 0 Å². The lowest BCUT2D eigenvalue weighted by atomic mass is 9.58. The van der Waals surface area contributed by atoms with E-state index in [-0.39, 0.29) is 18.5 Å². The van der Waals surface area contributed by atoms with Gasteiger partial charge in [0, 0.05) is 12.3 Å². The van der Waals surface area contributed by atoms with Gasteiger partial charge in [0.2, 0.25) is 0 Å². The molecule has 152 valence electrons. The van der Waals surface area contributed by atoms with E-state index in [1.807, 2.05) is 19.9 Å². The number of phenols is 1. The molecule has 1 aliphatic heterocycles. The van der Waals surface area contributed by atoms with E-state index >= 15 is 0 Å². The number of hydrogen-bond acceptors (Lipinski definition) is 5. The van der Waals surface area contributed by atoms with Crippen LogP contribution in [-0.2, 0) is 19.1 Å². The summed E-state index contributed by atoms with van der Waals surface area (Å²) in [6, 6.07) is 4.23. The maximum absolute atomic E-state index is 14.0. The predicted octanol–water partition coefficient (Wildman–Crippen LogP) is 4.25. The number of ether oxygens (including phenoxy) is 2. The van der Waals surface area contributed by atoms with E-state index in [2.05, 4.69) is 0 Å². The summed E-state index contributed by atoms with van der Waals surface area (Å²) < 4.78 is 25.8. The number of fused-ring (bicyclic) bond motifs is 2. The summed E-state index contributed by atoms with van der Waals surface area (Å²) in [6.45, 7) is 5.80. The Morgan fingerprint density at radius 2 is 2.18 bits per heavy atom. The van der Waals surface area contributed by atoms with Crippen molar-refractivity contribution >= 4 is 12.3 Å². The second kappa shape index (κ2) is 7.66. The summed E-state index contributed by atoms with van der Waals surface area (Å²) in [5.41, 5.74) is -0.0167. The first-order valence-corrected chi connectivity index (χ1v) is 9.71. The summed E-state index contributed by atoms with van der Waals surface area (Å²) in [7, 11) is 0. The maximum atomic E-state index is 14.0. The molecule has 1 aromatic rings. The molecule has 1 fully saturated rings. The average molecular weight is 390 g/mol. The van der Waals surface area contributed by atoms with Crippen LogP contribution in [0.1, 0.15) is 58.1 Å². The van der Waals surface area contributed by atoms with Crippen molar-refractivity contribution in [2.75, 3.05) is 6.61 Å². The van der Waals surface area contributed by atoms with Gasteiger partial charge in [0.25, 0.3) is 0 Å². The number of carbonyl (C=O) groups excluding carboxylic acids is 2. The topological polar surface area (TPSA) is 72.8 Å². The fourth-order valence-electron chi connectivity index (χ4n) is 4.55. The largest absolute Gasteiger partial charge is 0.505 e. The molecule has 3 rings (SSSR count). The van der Waals surface area contributed by atoms with Crippen LogP contribution in [0.5, 0.6) is 5.75 Å². The zero-order valence-electron chi connectivity index (χ0n) is 16.5. The van der Waals surface area contributed by atoms with E-state index in [4.69, 9.17) is 9.47 Å². The molecule has 1 heterocycles. The maximum Gasteiger partial charge on any atom is 0.315 e. The molecule has 0 saturated carbocycles. The number of hydrogen-bond donors (Lipinski definition) is 1. The number of rotatable bonds is 6. The van der Waals surface area contributed by atoms with Gasteiger partial charge in [-0.1, -0.05) is 17.7 Å². The number of phenolic OH excluding ortho intramolecular Hbond substituents is 1. The Labute approximate surface area is 164 Å². The monoisotopic (exact) mass is 390 g/mol. The van der Waals surface area contributed by atoms with Crippen LogP contribution in [0.2, 0.25) is 0 Å². The van der Waals surface area contributed by atoms with E-state index in [1.54, 1.807) is 13.0 Å². The van der Waals surface area contributed by atoms with Crippen LogP contribution < -0.4 is 0 Å². The van der Waals surface area contributed by atoms with Crippen LogP contribution in [0, 0.1) is 17.2 Å². The molecule has 0 aromatic heterocycles. The molecule has 3 unspecified atom stereocenters. The Kier molecular flexibility index (Phi) is 5.62. The van der Waals surface area contributed by atoms with Crippen molar-refractivity contribution in [2.24, 2.45) is 11.3 Å². The smallest absolute Gasteiger partial charge is 0.315 e. The summed E-state index contributed by atoms with van der Waals surface area (Å²) >= 11 is 0. The lowest BCUT2D eigenvalue weighted by Crippen LogP contribution is -2.58. The Morgan fingerprint density at radius 1 is 1.43 bits per heavy atom. The van der Waals surface area contributed by atoms with Crippen molar-refractivity contribution in [3.05, 3.63) is 41.2 Å². The summed E-state index contributed by atoms with van der Waals surface area (Å²) in [4.78, 5) is 23.8. The Bertz CT molecular complexity index is 800. The molecule has 0 radical (unpaired) electrons. The third-order valence-corrected chi connectivity index (χ3v) is 6.21. The highest BCUT2D eigenvalue weighted by atomic mass is 19.1. The van der Waals surface area contributed by atoms with E-state index in [1.165, 1.54) is 12.1 Å². The van der Waals surface area contributed by atoms with Gasteiger partial charge >= 0.3 is 5.97 Å². The number of carbonyl (C=O) groups is 2. The van der Waals surface area contributed by atoms with Gasteiger partial charge < -0.3 is 19.4 Å². The highest BCUT2D eigenvalue weighted by Crippen LogP contribution is 2.59. The van der Waals surface area contributed by atoms with Crippen molar-refractivity contribution in [3.8, 4) is 5.75 Å². The lowest BCUT2D eigenvalue weighted by Gasteiger charge is -2.55. The second-order valence-electron chi connectivity index (χ2n) is 8.06. The molecule has 2 aliphatic rings. The van der Waals surface area contributed by atoms with Gasteiger partial charge in [-0.3, -0.25) is 4.79 Å². The number of esters is 1. The van der Waals surface area contributed by atoms with Crippen molar-refractivity contribution in [3.63, 3.8) is 0 Å². The van der Waals surface area contributed by atoms with Gasteiger partial charge in [-0.15, -0.1) is 0 Å². The summed E-state index contributed by atoms with van der Waals surface area (Å²) in [6.07, 6.45) is 4.38. The number of benzene rings is 1. The number of aromatic hydroxyl groups is 1. The molecule has 2 bridgehead atoms. The minimum Gasteiger partial charge on any atom is -0.505 e. The van der Waals surface area contributed by atoms with E-state index in [0.29, 0.717) is 31.2 Å². The molecule has 28 heavy (non-hydrogen) atoms. The first-order valence-electron chi connectivity index (χ1n) is 9.71. The van der Waals surface area contributed by atoms with Gasteiger partial charge in [0.05, 0.1) is 18.3 Å². The molecule has 1 aromatic carbocycles. The van der Waals surface area contributed by atoms with Gasteiger partial charge in [0.1, 0.15) is 11.7 Å². The van der Waals surface area contributed by atoms with Crippen molar-refractivity contribution in [2.45, 2.75) is 58.2 Å². The molecule has 1 N–H and O–H groups in total. The molecule has 1 aliphatic carbocycles.